The number of carbonyl (C=O) groups is 1. The van der Waals surface area contributed by atoms with E-state index in [0.29, 0.717) is 32.8 Å². The molecule has 3 aromatic carbocycles. The van der Waals surface area contributed by atoms with Gasteiger partial charge in [0.15, 0.2) is 5.82 Å². The number of amides is 2. The number of aromatic nitrogens is 2. The van der Waals surface area contributed by atoms with Crippen molar-refractivity contribution in [1.29, 1.82) is 0 Å². The molecule has 7 nitrogen and oxygen atoms in total. The first-order valence-electron chi connectivity index (χ1n) is 11.6. The van der Waals surface area contributed by atoms with E-state index < -0.39 is 0 Å². The number of hydrogen-bond acceptors (Lipinski definition) is 5. The van der Waals surface area contributed by atoms with Gasteiger partial charge < -0.3 is 19.9 Å². The molecule has 172 valence electrons. The zero-order chi connectivity index (χ0) is 23.3. The van der Waals surface area contributed by atoms with Crippen molar-refractivity contribution in [2.24, 2.45) is 0 Å². The molecule has 1 aromatic heterocycles. The highest BCUT2D eigenvalue weighted by molar-refractivity contribution is 5.89. The summed E-state index contributed by atoms with van der Waals surface area (Å²) in [5, 5.41) is 14.3. The van der Waals surface area contributed by atoms with E-state index in [4.69, 9.17) is 4.74 Å². The highest BCUT2D eigenvalue weighted by Crippen LogP contribution is 2.24. The molecule has 1 N–H and O–H groups in total. The van der Waals surface area contributed by atoms with Gasteiger partial charge in [-0.25, -0.2) is 4.79 Å². The summed E-state index contributed by atoms with van der Waals surface area (Å²) in [5.74, 6) is 1.62. The molecule has 2 amide bonds. The normalized spacial score (nSPS) is 13.7. The first-order chi connectivity index (χ1) is 16.7. The van der Waals surface area contributed by atoms with Gasteiger partial charge in [-0.2, -0.15) is 0 Å². The van der Waals surface area contributed by atoms with Gasteiger partial charge >= 0.3 is 6.03 Å². The van der Waals surface area contributed by atoms with Crippen molar-refractivity contribution in [3.8, 4) is 17.0 Å². The van der Waals surface area contributed by atoms with E-state index in [9.17, 15) is 4.79 Å². The average Bonchev–Trinajstić information content (AvgIpc) is 2.90. The predicted molar refractivity (Wildman–Crippen MR) is 135 cm³/mol. The molecule has 0 bridgehead atoms. The largest absolute Gasteiger partial charge is 0.494 e. The third-order valence-corrected chi connectivity index (χ3v) is 6.00. The van der Waals surface area contributed by atoms with Crippen LogP contribution in [0.25, 0.3) is 22.0 Å². The van der Waals surface area contributed by atoms with E-state index in [1.807, 2.05) is 60.4 Å². The van der Waals surface area contributed by atoms with Gasteiger partial charge in [0, 0.05) is 37.4 Å². The minimum absolute atomic E-state index is 0.0958. The number of carbonyl (C=O) groups excluding carboxylic acids is 1. The molecule has 5 rings (SSSR count). The third-order valence-electron chi connectivity index (χ3n) is 6.00. The van der Waals surface area contributed by atoms with Crippen LogP contribution in [0, 0.1) is 0 Å². The number of fused-ring (bicyclic) bond motifs is 1. The van der Waals surface area contributed by atoms with Gasteiger partial charge in [0.25, 0.3) is 0 Å². The molecule has 34 heavy (non-hydrogen) atoms. The summed E-state index contributed by atoms with van der Waals surface area (Å²) >= 11 is 0. The Morgan fingerprint density at radius 1 is 0.882 bits per heavy atom. The summed E-state index contributed by atoms with van der Waals surface area (Å²) in [6.07, 6.45) is 0. The molecule has 0 saturated carbocycles. The van der Waals surface area contributed by atoms with Crippen LogP contribution in [0.1, 0.15) is 6.92 Å². The summed E-state index contributed by atoms with van der Waals surface area (Å²) in [7, 11) is 0. The first kappa shape index (κ1) is 21.7. The Bertz CT molecular complexity index is 1270. The van der Waals surface area contributed by atoms with Crippen molar-refractivity contribution >= 4 is 28.3 Å². The van der Waals surface area contributed by atoms with Gasteiger partial charge in [-0.05, 0) is 60.2 Å². The Hall–Kier alpha value is -4.13. The van der Waals surface area contributed by atoms with Gasteiger partial charge in [0.05, 0.1) is 12.3 Å². The number of piperazine rings is 1. The minimum Gasteiger partial charge on any atom is -0.494 e. The summed E-state index contributed by atoms with van der Waals surface area (Å²) in [5.41, 5.74) is 2.66. The lowest BCUT2D eigenvalue weighted by Crippen LogP contribution is -2.50. The fourth-order valence-corrected chi connectivity index (χ4v) is 4.14. The smallest absolute Gasteiger partial charge is 0.321 e. The van der Waals surface area contributed by atoms with Crippen LogP contribution < -0.4 is 15.0 Å². The molecule has 0 unspecified atom stereocenters. The second-order valence-corrected chi connectivity index (χ2v) is 8.20. The lowest BCUT2D eigenvalue weighted by molar-refractivity contribution is 0.208. The number of benzene rings is 3. The summed E-state index contributed by atoms with van der Waals surface area (Å²) in [4.78, 5) is 16.6. The Morgan fingerprint density at radius 2 is 1.65 bits per heavy atom. The number of rotatable bonds is 5. The van der Waals surface area contributed by atoms with Crippen molar-refractivity contribution in [3.63, 3.8) is 0 Å². The molecule has 7 heteroatoms. The van der Waals surface area contributed by atoms with E-state index in [1.54, 1.807) is 0 Å². The molecule has 0 atom stereocenters. The zero-order valence-electron chi connectivity index (χ0n) is 19.1. The van der Waals surface area contributed by atoms with Gasteiger partial charge in [-0.3, -0.25) is 0 Å². The van der Waals surface area contributed by atoms with E-state index >= 15 is 0 Å². The second kappa shape index (κ2) is 9.79. The van der Waals surface area contributed by atoms with Crippen LogP contribution in [0.4, 0.5) is 16.3 Å². The summed E-state index contributed by atoms with van der Waals surface area (Å²) < 4.78 is 5.45. The zero-order valence-corrected chi connectivity index (χ0v) is 19.1. The molecular weight excluding hydrogens is 426 g/mol. The quantitative estimate of drug-likeness (QED) is 0.458. The van der Waals surface area contributed by atoms with Gasteiger partial charge in [0.2, 0.25) is 0 Å². The highest BCUT2D eigenvalue weighted by atomic mass is 16.5. The van der Waals surface area contributed by atoms with Gasteiger partial charge in [-0.15, -0.1) is 10.2 Å². The minimum atomic E-state index is -0.0958. The predicted octanol–water partition coefficient (Wildman–Crippen LogP) is 5.05. The molecular formula is C27H27N5O2. The molecule has 1 aliphatic rings. The Labute approximate surface area is 199 Å². The maximum atomic E-state index is 12.7. The maximum absolute atomic E-state index is 12.7. The highest BCUT2D eigenvalue weighted by Gasteiger charge is 2.22. The first-order valence-corrected chi connectivity index (χ1v) is 11.6. The summed E-state index contributed by atoms with van der Waals surface area (Å²) in [6, 6.07) is 26.0. The Balaban J connectivity index is 1.17. The van der Waals surface area contributed by atoms with Crippen LogP contribution in [0.15, 0.2) is 78.9 Å². The number of hydrogen-bond donors (Lipinski definition) is 1. The molecule has 0 aliphatic carbocycles. The van der Waals surface area contributed by atoms with E-state index in [1.165, 1.54) is 10.8 Å². The second-order valence-electron chi connectivity index (χ2n) is 8.20. The molecule has 1 saturated heterocycles. The lowest BCUT2D eigenvalue weighted by Gasteiger charge is -2.35. The number of ether oxygens (including phenoxy) is 1. The van der Waals surface area contributed by atoms with E-state index in [2.05, 4.69) is 50.7 Å². The molecule has 4 aromatic rings. The number of anilines is 2. The Morgan fingerprint density at radius 3 is 2.35 bits per heavy atom. The third kappa shape index (κ3) is 4.78. The SMILES string of the molecule is CCOc1ccc(NC(=O)N2CCN(c3ccc(-c4ccc5ccccc5c4)nn3)CC2)cc1. The molecule has 1 aliphatic heterocycles. The maximum Gasteiger partial charge on any atom is 0.321 e. The lowest BCUT2D eigenvalue weighted by atomic mass is 10.1. The standard InChI is InChI=1S/C27H27N5O2/c1-2-34-24-11-9-23(10-12-24)28-27(33)32-17-15-31(16-18-32)26-14-13-25(29-30-26)22-8-7-20-5-3-4-6-21(20)19-22/h3-14,19H,2,15-18H2,1H3,(H,28,33). The Kier molecular flexibility index (Phi) is 6.25. The van der Waals surface area contributed by atoms with Gasteiger partial charge in [-0.1, -0.05) is 36.4 Å². The molecule has 2 heterocycles. The van der Waals surface area contributed by atoms with Crippen LogP contribution >= 0.6 is 0 Å². The van der Waals surface area contributed by atoms with Crippen LogP contribution in [0.2, 0.25) is 0 Å². The average molecular weight is 454 g/mol. The fraction of sp³-hybridized carbons (Fsp3) is 0.222. The van der Waals surface area contributed by atoms with Crippen molar-refractivity contribution in [3.05, 3.63) is 78.9 Å². The fourth-order valence-electron chi connectivity index (χ4n) is 4.14. The topological polar surface area (TPSA) is 70.6 Å². The number of nitrogens with zero attached hydrogens (tertiary/aromatic N) is 4. The molecule has 1 fully saturated rings. The number of nitrogens with one attached hydrogen (secondary N) is 1. The molecule has 0 radical (unpaired) electrons. The van der Waals surface area contributed by atoms with Crippen LogP contribution in [-0.4, -0.2) is 53.9 Å². The van der Waals surface area contributed by atoms with Crippen molar-refractivity contribution in [2.45, 2.75) is 6.92 Å². The summed E-state index contributed by atoms with van der Waals surface area (Å²) in [6.45, 7) is 5.22. The van der Waals surface area contributed by atoms with Crippen molar-refractivity contribution in [2.75, 3.05) is 43.0 Å². The van der Waals surface area contributed by atoms with Crippen molar-refractivity contribution in [1.82, 2.24) is 15.1 Å². The van der Waals surface area contributed by atoms with E-state index in [-0.39, 0.29) is 6.03 Å². The van der Waals surface area contributed by atoms with E-state index in [0.717, 1.165) is 28.5 Å². The number of urea groups is 1. The van der Waals surface area contributed by atoms with Crippen LogP contribution in [0.3, 0.4) is 0 Å². The van der Waals surface area contributed by atoms with Crippen LogP contribution in [0.5, 0.6) is 5.75 Å². The molecule has 0 spiro atoms. The van der Waals surface area contributed by atoms with Gasteiger partial charge in [0.1, 0.15) is 5.75 Å². The van der Waals surface area contributed by atoms with Crippen molar-refractivity contribution < 1.29 is 9.53 Å². The monoisotopic (exact) mass is 453 g/mol. The van der Waals surface area contributed by atoms with Crippen LogP contribution in [-0.2, 0) is 0 Å².